The molecule has 0 amide bonds. The van der Waals surface area contributed by atoms with Crippen molar-refractivity contribution in [2.45, 2.75) is 26.0 Å². The van der Waals surface area contributed by atoms with Gasteiger partial charge >= 0.3 is 0 Å². The molecule has 0 unspecified atom stereocenters. The molecule has 2 heteroatoms. The lowest BCUT2D eigenvalue weighted by Crippen LogP contribution is -2.00. The molecule has 1 aliphatic rings. The standard InChI is InChI=1S/C12H17NO/c13-7-11-2-1-3-12(6-11)9-14-8-10-4-5-10/h1-3,6,10H,4-5,7-9,13H2. The Morgan fingerprint density at radius 1 is 1.29 bits per heavy atom. The molecule has 1 aromatic carbocycles. The normalized spacial score (nSPS) is 15.8. The van der Waals surface area contributed by atoms with E-state index < -0.39 is 0 Å². The zero-order valence-electron chi connectivity index (χ0n) is 8.41. The number of hydrogen-bond donors (Lipinski definition) is 1. The number of hydrogen-bond acceptors (Lipinski definition) is 2. The largest absolute Gasteiger partial charge is 0.376 e. The molecule has 2 nitrogen and oxygen atoms in total. The fraction of sp³-hybridized carbons (Fsp3) is 0.500. The summed E-state index contributed by atoms with van der Waals surface area (Å²) < 4.78 is 5.60. The average Bonchev–Trinajstić information content (AvgIpc) is 3.02. The summed E-state index contributed by atoms with van der Waals surface area (Å²) in [6, 6.07) is 8.29. The Morgan fingerprint density at radius 3 is 2.79 bits per heavy atom. The van der Waals surface area contributed by atoms with Crippen molar-refractivity contribution in [1.82, 2.24) is 0 Å². The maximum atomic E-state index is 5.60. The van der Waals surface area contributed by atoms with E-state index in [1.807, 2.05) is 12.1 Å². The quantitative estimate of drug-likeness (QED) is 0.773. The number of ether oxygens (including phenoxy) is 1. The highest BCUT2D eigenvalue weighted by Gasteiger charge is 2.20. The van der Waals surface area contributed by atoms with Gasteiger partial charge in [0.15, 0.2) is 0 Å². The van der Waals surface area contributed by atoms with Crippen LogP contribution in [0.4, 0.5) is 0 Å². The van der Waals surface area contributed by atoms with E-state index in [9.17, 15) is 0 Å². The first-order chi connectivity index (χ1) is 6.88. The van der Waals surface area contributed by atoms with Crippen molar-refractivity contribution in [3.63, 3.8) is 0 Å². The summed E-state index contributed by atoms with van der Waals surface area (Å²) in [7, 11) is 0. The van der Waals surface area contributed by atoms with Gasteiger partial charge in [-0.2, -0.15) is 0 Å². The molecule has 14 heavy (non-hydrogen) atoms. The molecule has 1 aromatic rings. The molecule has 2 rings (SSSR count). The van der Waals surface area contributed by atoms with E-state index in [0.29, 0.717) is 6.54 Å². The molecule has 0 aromatic heterocycles. The monoisotopic (exact) mass is 191 g/mol. The molecular weight excluding hydrogens is 174 g/mol. The lowest BCUT2D eigenvalue weighted by Gasteiger charge is -2.04. The first-order valence-electron chi connectivity index (χ1n) is 5.24. The summed E-state index contributed by atoms with van der Waals surface area (Å²) in [4.78, 5) is 0. The van der Waals surface area contributed by atoms with Crippen LogP contribution < -0.4 is 5.73 Å². The maximum absolute atomic E-state index is 5.60. The molecule has 1 fully saturated rings. The van der Waals surface area contributed by atoms with Gasteiger partial charge in [-0.3, -0.25) is 0 Å². The van der Waals surface area contributed by atoms with E-state index in [0.717, 1.165) is 19.1 Å². The zero-order chi connectivity index (χ0) is 9.80. The molecule has 0 atom stereocenters. The minimum atomic E-state index is 0.608. The predicted molar refractivity (Wildman–Crippen MR) is 56.7 cm³/mol. The third-order valence-corrected chi connectivity index (χ3v) is 2.55. The van der Waals surface area contributed by atoms with Gasteiger partial charge in [0.1, 0.15) is 0 Å². The third-order valence-electron chi connectivity index (χ3n) is 2.55. The molecule has 0 radical (unpaired) electrons. The van der Waals surface area contributed by atoms with E-state index >= 15 is 0 Å². The molecule has 2 N–H and O–H groups in total. The Balaban J connectivity index is 1.81. The maximum Gasteiger partial charge on any atom is 0.0717 e. The summed E-state index contributed by atoms with van der Waals surface area (Å²) in [5.41, 5.74) is 7.97. The van der Waals surface area contributed by atoms with Gasteiger partial charge in [-0.05, 0) is 29.9 Å². The van der Waals surface area contributed by atoms with Crippen LogP contribution in [-0.4, -0.2) is 6.61 Å². The first kappa shape index (κ1) is 9.69. The van der Waals surface area contributed by atoms with E-state index in [1.54, 1.807) is 0 Å². The van der Waals surface area contributed by atoms with E-state index in [4.69, 9.17) is 10.5 Å². The van der Waals surface area contributed by atoms with Crippen LogP contribution in [0.25, 0.3) is 0 Å². The van der Waals surface area contributed by atoms with Crippen molar-refractivity contribution < 1.29 is 4.74 Å². The Labute approximate surface area is 85.1 Å². The number of nitrogens with two attached hydrogens (primary N) is 1. The predicted octanol–water partition coefficient (Wildman–Crippen LogP) is 2.07. The molecule has 1 saturated carbocycles. The SMILES string of the molecule is NCc1cccc(COCC2CC2)c1. The van der Waals surface area contributed by atoms with Crippen LogP contribution in [0.3, 0.4) is 0 Å². The summed E-state index contributed by atoms with van der Waals surface area (Å²) in [6.07, 6.45) is 2.70. The van der Waals surface area contributed by atoms with Crippen molar-refractivity contribution in [3.8, 4) is 0 Å². The average molecular weight is 191 g/mol. The van der Waals surface area contributed by atoms with Crippen LogP contribution in [0.1, 0.15) is 24.0 Å². The van der Waals surface area contributed by atoms with Gasteiger partial charge in [-0.1, -0.05) is 24.3 Å². The summed E-state index contributed by atoms with van der Waals surface area (Å²) in [5, 5.41) is 0. The van der Waals surface area contributed by atoms with Gasteiger partial charge in [-0.25, -0.2) is 0 Å². The minimum Gasteiger partial charge on any atom is -0.376 e. The van der Waals surface area contributed by atoms with Crippen LogP contribution in [0, 0.1) is 5.92 Å². The fourth-order valence-corrected chi connectivity index (χ4v) is 1.47. The Morgan fingerprint density at radius 2 is 2.07 bits per heavy atom. The highest BCUT2D eigenvalue weighted by Crippen LogP contribution is 2.29. The van der Waals surface area contributed by atoms with Gasteiger partial charge in [0.2, 0.25) is 0 Å². The lowest BCUT2D eigenvalue weighted by molar-refractivity contribution is 0.111. The van der Waals surface area contributed by atoms with Crippen LogP contribution >= 0.6 is 0 Å². The van der Waals surface area contributed by atoms with Crippen LogP contribution in [0.2, 0.25) is 0 Å². The lowest BCUT2D eigenvalue weighted by atomic mass is 10.1. The van der Waals surface area contributed by atoms with Crippen molar-refractivity contribution >= 4 is 0 Å². The summed E-state index contributed by atoms with van der Waals surface area (Å²) in [5.74, 6) is 0.840. The topological polar surface area (TPSA) is 35.2 Å². The molecule has 76 valence electrons. The van der Waals surface area contributed by atoms with Gasteiger partial charge < -0.3 is 10.5 Å². The highest BCUT2D eigenvalue weighted by molar-refractivity contribution is 5.22. The molecule has 0 spiro atoms. The van der Waals surface area contributed by atoms with E-state index in [1.165, 1.54) is 24.0 Å². The molecule has 0 saturated heterocycles. The second-order valence-electron chi connectivity index (χ2n) is 3.98. The molecule has 0 aliphatic heterocycles. The minimum absolute atomic E-state index is 0.608. The molecular formula is C12H17NO. The van der Waals surface area contributed by atoms with E-state index in [2.05, 4.69) is 12.1 Å². The summed E-state index contributed by atoms with van der Waals surface area (Å²) in [6.45, 7) is 2.26. The summed E-state index contributed by atoms with van der Waals surface area (Å²) >= 11 is 0. The van der Waals surface area contributed by atoms with Crippen LogP contribution in [-0.2, 0) is 17.9 Å². The molecule has 0 heterocycles. The Kier molecular flexibility index (Phi) is 3.17. The van der Waals surface area contributed by atoms with Gasteiger partial charge in [-0.15, -0.1) is 0 Å². The van der Waals surface area contributed by atoms with Crippen molar-refractivity contribution in [3.05, 3.63) is 35.4 Å². The van der Waals surface area contributed by atoms with Crippen LogP contribution in [0.15, 0.2) is 24.3 Å². The number of rotatable bonds is 5. The smallest absolute Gasteiger partial charge is 0.0717 e. The van der Waals surface area contributed by atoms with Gasteiger partial charge in [0.25, 0.3) is 0 Å². The Bertz CT molecular complexity index is 294. The molecule has 0 bridgehead atoms. The zero-order valence-corrected chi connectivity index (χ0v) is 8.41. The van der Waals surface area contributed by atoms with Crippen molar-refractivity contribution in [2.24, 2.45) is 11.7 Å². The van der Waals surface area contributed by atoms with Crippen LogP contribution in [0.5, 0.6) is 0 Å². The van der Waals surface area contributed by atoms with Crippen molar-refractivity contribution in [1.29, 1.82) is 0 Å². The highest BCUT2D eigenvalue weighted by atomic mass is 16.5. The molecule has 1 aliphatic carbocycles. The van der Waals surface area contributed by atoms with E-state index in [-0.39, 0.29) is 0 Å². The van der Waals surface area contributed by atoms with Crippen molar-refractivity contribution in [2.75, 3.05) is 6.61 Å². The third kappa shape index (κ3) is 2.82. The second kappa shape index (κ2) is 4.58. The Hall–Kier alpha value is -0.860. The van der Waals surface area contributed by atoms with Gasteiger partial charge in [0.05, 0.1) is 6.61 Å². The number of benzene rings is 1. The first-order valence-corrected chi connectivity index (χ1v) is 5.24. The fourth-order valence-electron chi connectivity index (χ4n) is 1.47. The van der Waals surface area contributed by atoms with Gasteiger partial charge in [0, 0.05) is 13.2 Å². The second-order valence-corrected chi connectivity index (χ2v) is 3.98.